The molecule has 0 amide bonds. The van der Waals surface area contributed by atoms with Crippen LogP contribution in [0.1, 0.15) is 42.5 Å². The third kappa shape index (κ3) is 6.51. The summed E-state index contributed by atoms with van der Waals surface area (Å²) in [7, 11) is 0. The Morgan fingerprint density at radius 3 is 2.21 bits per heavy atom. The zero-order valence-corrected chi connectivity index (χ0v) is 13.9. The molecule has 146 valence electrons. The first kappa shape index (κ1) is 23.6. The fourth-order valence-corrected chi connectivity index (χ4v) is 2.82. The lowest BCUT2D eigenvalue weighted by atomic mass is 10.0. The molecule has 0 aromatic carbocycles. The van der Waals surface area contributed by atoms with Crippen molar-refractivity contribution in [2.45, 2.75) is 77.5 Å². The molecule has 3 aliphatic heterocycles. The van der Waals surface area contributed by atoms with Crippen LogP contribution in [0, 0.1) is 5.92 Å². The molecule has 7 nitrogen and oxygen atoms in total. The number of fused-ring (bicyclic) bond motifs is 1. The molecule has 0 aliphatic carbocycles. The highest BCUT2D eigenvalue weighted by atomic mass is 19.0. The number of aliphatic hydroxyl groups is 3. The van der Waals surface area contributed by atoms with Crippen molar-refractivity contribution >= 4 is 0 Å². The van der Waals surface area contributed by atoms with E-state index >= 15 is 0 Å². The van der Waals surface area contributed by atoms with E-state index in [1.54, 1.807) is 0 Å². The van der Waals surface area contributed by atoms with Crippen LogP contribution in [0.5, 0.6) is 0 Å². The Morgan fingerprint density at radius 2 is 1.67 bits per heavy atom. The fraction of sp³-hybridized carbons (Fsp3) is 1.00. The summed E-state index contributed by atoms with van der Waals surface area (Å²) in [6.07, 6.45) is -0.0337. The Bertz CT molecular complexity index is 361. The number of rotatable bonds is 1. The first-order chi connectivity index (χ1) is 10.3. The van der Waals surface area contributed by atoms with Gasteiger partial charge in [0.1, 0.15) is 6.10 Å². The average Bonchev–Trinajstić information content (AvgIpc) is 2.76. The summed E-state index contributed by atoms with van der Waals surface area (Å²) in [4.78, 5) is 0. The van der Waals surface area contributed by atoms with E-state index < -0.39 is 18.2 Å². The molecule has 3 saturated heterocycles. The predicted molar refractivity (Wildman–Crippen MR) is 87.4 cm³/mol. The third-order valence-electron chi connectivity index (χ3n) is 4.13. The van der Waals surface area contributed by atoms with Gasteiger partial charge in [0.25, 0.3) is 0 Å². The van der Waals surface area contributed by atoms with Crippen LogP contribution >= 0.6 is 0 Å². The van der Waals surface area contributed by atoms with Crippen molar-refractivity contribution in [1.29, 1.82) is 0 Å². The van der Waals surface area contributed by atoms with Crippen molar-refractivity contribution in [1.82, 2.24) is 0 Å². The lowest BCUT2D eigenvalue weighted by Crippen LogP contribution is -2.40. The Balaban J connectivity index is 0. The summed E-state index contributed by atoms with van der Waals surface area (Å²) in [6, 6.07) is 0. The Morgan fingerprint density at radius 1 is 1.04 bits per heavy atom. The maximum absolute atomic E-state index is 9.11. The van der Waals surface area contributed by atoms with Crippen molar-refractivity contribution in [3.05, 3.63) is 0 Å². The summed E-state index contributed by atoms with van der Waals surface area (Å²) in [5, 5.41) is 26.8. The summed E-state index contributed by atoms with van der Waals surface area (Å²) in [6.45, 7) is 6.75. The van der Waals surface area contributed by atoms with Gasteiger partial charge in [-0.15, -0.1) is 0 Å². The molecule has 3 N–H and O–H groups in total. The van der Waals surface area contributed by atoms with E-state index in [4.69, 9.17) is 34.3 Å². The molecule has 0 aromatic rings. The van der Waals surface area contributed by atoms with Crippen molar-refractivity contribution in [2.75, 3.05) is 19.8 Å². The average molecular weight is 357 g/mol. The van der Waals surface area contributed by atoms with E-state index in [1.165, 1.54) is 0 Å². The van der Waals surface area contributed by atoms with Gasteiger partial charge in [-0.25, -0.2) is 0 Å². The van der Waals surface area contributed by atoms with Crippen LogP contribution in [0.25, 0.3) is 0 Å². The molecule has 24 heavy (non-hydrogen) atoms. The first-order valence-corrected chi connectivity index (χ1v) is 7.86. The molecule has 3 aliphatic rings. The summed E-state index contributed by atoms with van der Waals surface area (Å²) < 4.78 is 21.5. The zero-order chi connectivity index (χ0) is 16.3. The standard InChI is InChI=1S/C9H16O4.C6H12O3.CH4.FH/c1-9(2)12-7-3-6(4-10)11-5-8(7)13-9;1-4-3-9-6(8)2-5(4)7;;/h6-8,10H,3-5H2,1-2H3;4-8H,2-3H2,1H3;1H4;1H/p+1/t6?,7-,8+;4-,5+,6?;;/m10../s1. The number of hydrogen-bond acceptors (Lipinski definition) is 7. The summed E-state index contributed by atoms with van der Waals surface area (Å²) in [5.41, 5.74) is 0. The molecular weight excluding hydrogens is 323 g/mol. The highest BCUT2D eigenvalue weighted by Gasteiger charge is 2.44. The van der Waals surface area contributed by atoms with E-state index in [2.05, 4.69) is 0 Å². The second-order valence-electron chi connectivity index (χ2n) is 6.65. The lowest BCUT2D eigenvalue weighted by molar-refractivity contribution is -0.172. The summed E-state index contributed by atoms with van der Waals surface area (Å²) >= 11 is 0. The molecule has 0 spiro atoms. The van der Waals surface area contributed by atoms with Gasteiger partial charge in [0.15, 0.2) is 12.1 Å². The second-order valence-corrected chi connectivity index (χ2v) is 6.65. The van der Waals surface area contributed by atoms with Crippen LogP contribution in [0.15, 0.2) is 0 Å². The number of hydrogen-bond donors (Lipinski definition) is 3. The molecule has 3 rings (SSSR count). The van der Waals surface area contributed by atoms with Crippen LogP contribution in [-0.2, 0) is 18.9 Å². The van der Waals surface area contributed by atoms with Gasteiger partial charge < -0.3 is 34.3 Å². The highest BCUT2D eigenvalue weighted by molar-refractivity contribution is 4.86. The van der Waals surface area contributed by atoms with E-state index in [1.807, 2.05) is 20.8 Å². The van der Waals surface area contributed by atoms with Gasteiger partial charge in [0.2, 0.25) is 0 Å². The molecule has 0 bridgehead atoms. The second kappa shape index (κ2) is 9.96. The summed E-state index contributed by atoms with van der Waals surface area (Å²) in [5.74, 6) is -0.336. The van der Waals surface area contributed by atoms with Crippen molar-refractivity contribution in [3.63, 3.8) is 0 Å². The van der Waals surface area contributed by atoms with Crippen molar-refractivity contribution < 1.29 is 40.4 Å². The predicted octanol–water partition coefficient (Wildman–Crippen LogP) is 0.911. The number of halogens is 1. The molecule has 0 saturated carbocycles. The number of aliphatic hydroxyl groups excluding tert-OH is 3. The van der Waals surface area contributed by atoms with Gasteiger partial charge in [-0.1, -0.05) is 14.4 Å². The third-order valence-corrected chi connectivity index (χ3v) is 4.13. The zero-order valence-electron chi connectivity index (χ0n) is 14.9. The molecule has 0 aromatic heterocycles. The van der Waals surface area contributed by atoms with Crippen LogP contribution in [0.2, 0.25) is 0 Å². The van der Waals surface area contributed by atoms with Gasteiger partial charge in [-0.05, 0) is 13.8 Å². The monoisotopic (exact) mass is 357 g/mol. The van der Waals surface area contributed by atoms with Crippen LogP contribution in [0.4, 0.5) is 4.70 Å². The molecule has 3 fully saturated rings. The number of ether oxygens (including phenoxy) is 4. The maximum Gasteiger partial charge on any atom is 1.00 e. The van der Waals surface area contributed by atoms with Crippen molar-refractivity contribution in [2.24, 2.45) is 5.92 Å². The first-order valence-electron chi connectivity index (χ1n) is 7.86. The normalized spacial score (nSPS) is 40.2. The smallest absolute Gasteiger partial charge is 0.394 e. The minimum Gasteiger partial charge on any atom is -0.394 e. The largest absolute Gasteiger partial charge is 1.00 e. The Labute approximate surface area is 144 Å². The molecule has 8 heteroatoms. The topological polar surface area (TPSA) is 97.6 Å². The van der Waals surface area contributed by atoms with E-state index in [9.17, 15) is 0 Å². The van der Waals surface area contributed by atoms with Gasteiger partial charge in [0.05, 0.1) is 38.1 Å². The van der Waals surface area contributed by atoms with Gasteiger partial charge >= 0.3 is 1.43 Å². The minimum absolute atomic E-state index is 0. The lowest BCUT2D eigenvalue weighted by Gasteiger charge is -2.28. The van der Waals surface area contributed by atoms with E-state index in [-0.39, 0.29) is 44.4 Å². The Kier molecular flexibility index (Phi) is 9.81. The van der Waals surface area contributed by atoms with Crippen molar-refractivity contribution in [3.8, 4) is 0 Å². The van der Waals surface area contributed by atoms with E-state index in [0.29, 0.717) is 19.6 Å². The molecule has 2 unspecified atom stereocenters. The fourth-order valence-electron chi connectivity index (χ4n) is 2.82. The van der Waals surface area contributed by atoms with Crippen LogP contribution in [0.3, 0.4) is 0 Å². The maximum atomic E-state index is 9.11. The molecule has 6 atom stereocenters. The van der Waals surface area contributed by atoms with Gasteiger partial charge in [-0.2, -0.15) is 0 Å². The SMILES string of the molecule is C.CC1(C)O[C@H]2COC(CO)C[C@H]2O1.C[C@H]1COC(O)C[C@H]1O.F.[H+]. The minimum atomic E-state index is -0.754. The van der Waals surface area contributed by atoms with Crippen LogP contribution in [-0.4, -0.2) is 71.6 Å². The molecular formula is C16H34FO7+. The molecule has 0 radical (unpaired) electrons. The van der Waals surface area contributed by atoms with E-state index in [0.717, 1.165) is 6.42 Å². The van der Waals surface area contributed by atoms with Crippen LogP contribution < -0.4 is 0 Å². The highest BCUT2D eigenvalue weighted by Crippen LogP contribution is 2.33. The Hall–Kier alpha value is -0.350. The van der Waals surface area contributed by atoms with Gasteiger partial charge in [0, 0.05) is 18.8 Å². The quantitative estimate of drug-likeness (QED) is 0.642. The van der Waals surface area contributed by atoms with Gasteiger partial charge in [-0.3, -0.25) is 4.70 Å². The molecule has 3 heterocycles.